The number of piperidine rings is 1. The van der Waals surface area contributed by atoms with Gasteiger partial charge in [-0.15, -0.1) is 11.3 Å². The van der Waals surface area contributed by atoms with Crippen molar-refractivity contribution in [2.45, 2.75) is 57.6 Å². The molecule has 2 aliphatic heterocycles. The maximum absolute atomic E-state index is 12.9. The first-order valence-corrected chi connectivity index (χ1v) is 14.8. The van der Waals surface area contributed by atoms with Crippen molar-refractivity contribution in [3.8, 4) is 6.07 Å². The van der Waals surface area contributed by atoms with Gasteiger partial charge in [-0.3, -0.25) is 4.90 Å². The minimum Gasteiger partial charge on any atom is -0.384 e. The van der Waals surface area contributed by atoms with Crippen LogP contribution in [0.2, 0.25) is 0 Å². The van der Waals surface area contributed by atoms with Crippen LogP contribution in [0.15, 0.2) is 42.9 Å². The number of thiophene rings is 1. The Hall–Kier alpha value is -3.66. The summed E-state index contributed by atoms with van der Waals surface area (Å²) in [6.07, 6.45) is -2.05. The van der Waals surface area contributed by atoms with Crippen molar-refractivity contribution in [1.29, 1.82) is 5.26 Å². The van der Waals surface area contributed by atoms with E-state index in [-0.39, 0.29) is 17.0 Å². The summed E-state index contributed by atoms with van der Waals surface area (Å²) in [5.74, 6) is 0.599. The van der Waals surface area contributed by atoms with E-state index in [0.29, 0.717) is 41.4 Å². The number of benzene rings is 1. The van der Waals surface area contributed by atoms with Gasteiger partial charge in [0.1, 0.15) is 28.7 Å². The van der Waals surface area contributed by atoms with Gasteiger partial charge in [0.25, 0.3) is 0 Å². The van der Waals surface area contributed by atoms with Gasteiger partial charge in [0.15, 0.2) is 0 Å². The molecule has 0 saturated carbocycles. The van der Waals surface area contributed by atoms with Crippen molar-refractivity contribution >= 4 is 38.3 Å². The van der Waals surface area contributed by atoms with Crippen molar-refractivity contribution < 1.29 is 17.9 Å². The van der Waals surface area contributed by atoms with Crippen LogP contribution in [-0.2, 0) is 24.2 Å². The Kier molecular flexibility index (Phi) is 7.83. The molecule has 3 aromatic heterocycles. The summed E-state index contributed by atoms with van der Waals surface area (Å²) in [6, 6.07) is 10.3. The molecule has 42 heavy (non-hydrogen) atoms. The Morgan fingerprint density at radius 2 is 2.02 bits per heavy atom. The Balaban J connectivity index is 1.10. The fraction of sp³-hybridized carbons (Fsp3) is 0.433. The van der Waals surface area contributed by atoms with Gasteiger partial charge in [-0.2, -0.15) is 18.4 Å². The van der Waals surface area contributed by atoms with Gasteiger partial charge < -0.3 is 19.9 Å². The zero-order chi connectivity index (χ0) is 29.4. The number of morpholine rings is 1. The molecule has 0 spiro atoms. The number of ether oxygens (including phenoxy) is 1. The summed E-state index contributed by atoms with van der Waals surface area (Å²) < 4.78 is 46.6. The minimum atomic E-state index is -4.25. The quantitative estimate of drug-likeness (QED) is 0.291. The Labute approximate surface area is 245 Å². The number of fused-ring (bicyclic) bond motifs is 2. The van der Waals surface area contributed by atoms with Gasteiger partial charge in [0, 0.05) is 53.7 Å². The minimum absolute atomic E-state index is 0.0341. The van der Waals surface area contributed by atoms with E-state index >= 15 is 0 Å². The van der Waals surface area contributed by atoms with E-state index in [0.717, 1.165) is 60.4 Å². The highest BCUT2D eigenvalue weighted by Gasteiger charge is 2.29. The molecule has 2 N–H and O–H groups in total. The summed E-state index contributed by atoms with van der Waals surface area (Å²) in [5.41, 5.74) is 4.94. The van der Waals surface area contributed by atoms with Crippen molar-refractivity contribution in [2.75, 3.05) is 31.6 Å². The van der Waals surface area contributed by atoms with E-state index in [1.807, 2.05) is 10.6 Å². The lowest BCUT2D eigenvalue weighted by Crippen LogP contribution is -2.39. The number of hydrogen-bond acceptors (Lipinski definition) is 8. The molecule has 8 nitrogen and oxygen atoms in total. The van der Waals surface area contributed by atoms with Gasteiger partial charge in [-0.25, -0.2) is 9.97 Å². The van der Waals surface area contributed by atoms with E-state index in [1.165, 1.54) is 17.5 Å². The lowest BCUT2D eigenvalue weighted by atomic mass is 10.0. The van der Waals surface area contributed by atoms with Crippen LogP contribution < -0.4 is 10.6 Å². The highest BCUT2D eigenvalue weighted by atomic mass is 32.1. The summed E-state index contributed by atoms with van der Waals surface area (Å²) in [6.45, 7) is 10.3. The van der Waals surface area contributed by atoms with Gasteiger partial charge in [-0.05, 0) is 49.1 Å². The maximum Gasteiger partial charge on any atom is 0.393 e. The van der Waals surface area contributed by atoms with E-state index in [4.69, 9.17) is 4.74 Å². The molecule has 2 saturated heterocycles. The number of nitrogens with one attached hydrogen (secondary N) is 2. The van der Waals surface area contributed by atoms with E-state index < -0.39 is 12.6 Å². The molecule has 6 rings (SSSR count). The third kappa shape index (κ3) is 6.09. The van der Waals surface area contributed by atoms with E-state index in [2.05, 4.69) is 57.2 Å². The van der Waals surface area contributed by atoms with Crippen LogP contribution in [0.25, 0.3) is 21.1 Å². The molecule has 0 radical (unpaired) electrons. The molecule has 1 atom stereocenters. The molecular formula is C30H32F3N7OS. The van der Waals surface area contributed by atoms with E-state index in [1.54, 1.807) is 6.07 Å². The molecule has 2 fully saturated rings. The molecule has 220 valence electrons. The van der Waals surface area contributed by atoms with Crippen LogP contribution in [0.3, 0.4) is 0 Å². The smallest absolute Gasteiger partial charge is 0.384 e. The lowest BCUT2D eigenvalue weighted by Gasteiger charge is -2.33. The third-order valence-corrected chi connectivity index (χ3v) is 9.16. The predicted octanol–water partition coefficient (Wildman–Crippen LogP) is 5.51. The van der Waals surface area contributed by atoms with Crippen molar-refractivity contribution in [3.05, 3.63) is 64.6 Å². The number of aromatic nitrogens is 3. The predicted molar refractivity (Wildman–Crippen MR) is 157 cm³/mol. The summed E-state index contributed by atoms with van der Waals surface area (Å²) in [5, 5.41) is 18.3. The number of rotatable bonds is 7. The highest BCUT2D eigenvalue weighted by Crippen LogP contribution is 2.33. The van der Waals surface area contributed by atoms with Gasteiger partial charge in [-0.1, -0.05) is 12.6 Å². The van der Waals surface area contributed by atoms with Crippen LogP contribution in [0.1, 0.15) is 34.5 Å². The third-order valence-electron chi connectivity index (χ3n) is 8.12. The lowest BCUT2D eigenvalue weighted by molar-refractivity contribution is -0.126. The van der Waals surface area contributed by atoms with Crippen molar-refractivity contribution in [2.24, 2.45) is 0 Å². The first-order chi connectivity index (χ1) is 20.2. The van der Waals surface area contributed by atoms with Crippen LogP contribution in [0.5, 0.6) is 0 Å². The summed E-state index contributed by atoms with van der Waals surface area (Å²) in [7, 11) is 0. The summed E-state index contributed by atoms with van der Waals surface area (Å²) >= 11 is 1.07. The topological polar surface area (TPSA) is 91.0 Å². The second kappa shape index (κ2) is 11.6. The van der Waals surface area contributed by atoms with Crippen molar-refractivity contribution in [3.63, 3.8) is 0 Å². The van der Waals surface area contributed by atoms with Gasteiger partial charge in [0.05, 0.1) is 31.1 Å². The fourth-order valence-corrected chi connectivity index (χ4v) is 6.89. The number of hydrogen-bond donors (Lipinski definition) is 2. The van der Waals surface area contributed by atoms with Crippen LogP contribution >= 0.6 is 11.3 Å². The number of aryl methyl sites for hydroxylation is 1. The molecule has 5 heterocycles. The number of anilines is 1. The first-order valence-electron chi connectivity index (χ1n) is 14.0. The number of nitriles is 1. The Bertz CT molecular complexity index is 1650. The van der Waals surface area contributed by atoms with Gasteiger partial charge >= 0.3 is 6.18 Å². The molecule has 2 aliphatic rings. The average Bonchev–Trinajstić information content (AvgIpc) is 3.53. The largest absolute Gasteiger partial charge is 0.393 e. The number of likely N-dealkylation sites (tertiary alicyclic amines) is 1. The summed E-state index contributed by atoms with van der Waals surface area (Å²) in [4.78, 5) is 11.8. The normalized spacial score (nSPS) is 18.8. The standard InChI is InChI=1S/C30H32F3N7OS/c1-18-16-41-23(13-35-18)15-40-22(12-34)9-25-19(2)20(3-4-27(25)40)14-39-7-5-21(6-8-39)38-28-26-10-24(11-30(31,32)33)42-29(26)37-17-36-28/h3-4,9-10,17,21,23,35H,1,5-8,11,13-16H2,2H3,(H,36,37,38)/t23-/m1/s1. The highest BCUT2D eigenvalue weighted by molar-refractivity contribution is 7.18. The Morgan fingerprint density at radius 3 is 2.74 bits per heavy atom. The van der Waals surface area contributed by atoms with Crippen LogP contribution in [0.4, 0.5) is 19.0 Å². The molecule has 4 aromatic rings. The van der Waals surface area contributed by atoms with Crippen LogP contribution in [0, 0.1) is 18.3 Å². The number of halogens is 3. The second-order valence-electron chi connectivity index (χ2n) is 11.1. The Morgan fingerprint density at radius 1 is 1.21 bits per heavy atom. The zero-order valence-corrected chi connectivity index (χ0v) is 24.1. The zero-order valence-electron chi connectivity index (χ0n) is 23.3. The van der Waals surface area contributed by atoms with E-state index in [9.17, 15) is 18.4 Å². The monoisotopic (exact) mass is 595 g/mol. The van der Waals surface area contributed by atoms with Crippen molar-refractivity contribution in [1.82, 2.24) is 24.8 Å². The molecule has 1 aromatic carbocycles. The SMILES string of the molecule is C=C1CO[C@@H](Cn2c(C#N)cc3c(C)c(CN4CCC(Nc5ncnc6sc(CC(F)(F)F)cc56)CC4)ccc32)CN1. The number of nitrogens with zero attached hydrogens (tertiary/aromatic N) is 5. The molecular weight excluding hydrogens is 563 g/mol. The molecule has 0 amide bonds. The fourth-order valence-electron chi connectivity index (χ4n) is 5.86. The van der Waals surface area contributed by atoms with Crippen LogP contribution in [-0.4, -0.2) is 64.0 Å². The molecule has 0 aliphatic carbocycles. The first kappa shape index (κ1) is 28.5. The average molecular weight is 596 g/mol. The second-order valence-corrected chi connectivity index (χ2v) is 12.2. The number of alkyl halides is 3. The maximum atomic E-state index is 12.9. The molecule has 12 heteroatoms. The molecule has 0 bridgehead atoms. The molecule has 0 unspecified atom stereocenters. The van der Waals surface area contributed by atoms with Gasteiger partial charge in [0.2, 0.25) is 0 Å².